The van der Waals surface area contributed by atoms with E-state index in [1.54, 1.807) is 27.7 Å². The average Bonchev–Trinajstić information content (AvgIpc) is 2.51. The third-order valence-corrected chi connectivity index (χ3v) is 5.25. The molecule has 0 aliphatic rings. The predicted octanol–water partition coefficient (Wildman–Crippen LogP) is 4.90. The first-order valence-electron chi connectivity index (χ1n) is 8.44. The first-order valence-corrected chi connectivity index (χ1v) is 10.3. The van der Waals surface area contributed by atoms with Crippen LogP contribution in [0.3, 0.4) is 0 Å². The molecule has 0 heterocycles. The van der Waals surface area contributed by atoms with Crippen molar-refractivity contribution < 1.29 is 34.8 Å². The Bertz CT molecular complexity index is 935. The van der Waals surface area contributed by atoms with Crippen LogP contribution in [0.4, 0.5) is 32.0 Å². The van der Waals surface area contributed by atoms with Crippen LogP contribution in [0.2, 0.25) is 0 Å². The summed E-state index contributed by atoms with van der Waals surface area (Å²) < 4.78 is 102. The summed E-state index contributed by atoms with van der Waals surface area (Å²) in [6.07, 6.45) is -9.46. The third-order valence-electron chi connectivity index (χ3n) is 4.22. The minimum absolute atomic E-state index is 0.0540. The molecule has 0 spiro atoms. The maximum Gasteiger partial charge on any atom is 0.416 e. The number of benzene rings is 1. The normalized spacial score (nSPS) is 15.1. The van der Waals surface area contributed by atoms with Gasteiger partial charge in [0.15, 0.2) is 14.7 Å². The second kappa shape index (κ2) is 8.37. The second-order valence-corrected chi connectivity index (χ2v) is 9.69. The Labute approximate surface area is 170 Å². The highest BCUT2D eigenvalue weighted by Gasteiger charge is 2.37. The predicted molar refractivity (Wildman–Crippen MR) is 99.6 cm³/mol. The molecule has 1 aromatic carbocycles. The molecular weight excluding hydrogens is 436 g/mol. The molecule has 1 atom stereocenters. The van der Waals surface area contributed by atoms with E-state index in [4.69, 9.17) is 0 Å². The smallest absolute Gasteiger partial charge is 0.367 e. The number of halogens is 6. The van der Waals surface area contributed by atoms with E-state index in [9.17, 15) is 40.0 Å². The van der Waals surface area contributed by atoms with Gasteiger partial charge in [0.25, 0.3) is 0 Å². The van der Waals surface area contributed by atoms with Gasteiger partial charge in [-0.3, -0.25) is 0 Å². The minimum Gasteiger partial charge on any atom is -0.367 e. The fourth-order valence-electron chi connectivity index (χ4n) is 2.09. The molecule has 0 aliphatic carbocycles. The van der Waals surface area contributed by atoms with Gasteiger partial charge in [-0.05, 0) is 30.5 Å². The molecule has 1 unspecified atom stereocenters. The van der Waals surface area contributed by atoms with Gasteiger partial charge in [0.1, 0.15) is 11.9 Å². The summed E-state index contributed by atoms with van der Waals surface area (Å²) in [6, 6.07) is 1.66. The molecule has 168 valence electrons. The molecule has 12 heteroatoms. The van der Waals surface area contributed by atoms with Gasteiger partial charge in [-0.1, -0.05) is 20.8 Å². The van der Waals surface area contributed by atoms with Gasteiger partial charge in [0, 0.05) is 18.0 Å². The molecule has 2 N–H and O–H groups in total. The number of sulfone groups is 1. The van der Waals surface area contributed by atoms with E-state index in [0.717, 1.165) is 0 Å². The first kappa shape index (κ1) is 25.6. The number of anilines is 1. The maximum atomic E-state index is 13.1. The van der Waals surface area contributed by atoms with Crippen LogP contribution in [0.1, 0.15) is 38.8 Å². The van der Waals surface area contributed by atoms with E-state index in [1.165, 1.54) is 6.07 Å². The van der Waals surface area contributed by atoms with Gasteiger partial charge in [-0.15, -0.1) is 0 Å². The summed E-state index contributed by atoms with van der Waals surface area (Å²) in [4.78, 5) is -0.857. The van der Waals surface area contributed by atoms with Gasteiger partial charge >= 0.3 is 12.4 Å². The van der Waals surface area contributed by atoms with Crippen molar-refractivity contribution in [2.24, 2.45) is 5.41 Å². The molecule has 0 bridgehead atoms. The molecule has 1 aromatic rings. The number of hydrogen-bond donors (Lipinski definition) is 2. The van der Waals surface area contributed by atoms with Crippen LogP contribution < -0.4 is 10.6 Å². The Morgan fingerprint density at radius 2 is 1.43 bits per heavy atom. The van der Waals surface area contributed by atoms with Gasteiger partial charge in [0.2, 0.25) is 0 Å². The largest absolute Gasteiger partial charge is 0.416 e. The molecule has 0 aromatic heterocycles. The number of alkyl halides is 6. The number of rotatable bonds is 5. The van der Waals surface area contributed by atoms with Crippen LogP contribution in [0.15, 0.2) is 28.9 Å². The topological polar surface area (TPSA) is 82.0 Å². The zero-order chi connectivity index (χ0) is 23.7. The molecule has 0 radical (unpaired) electrons. The molecule has 0 fully saturated rings. The molecule has 0 saturated heterocycles. The van der Waals surface area contributed by atoms with Crippen molar-refractivity contribution >= 4 is 15.5 Å². The quantitative estimate of drug-likeness (QED) is 0.486. The van der Waals surface area contributed by atoms with Crippen LogP contribution in [0, 0.1) is 16.7 Å². The van der Waals surface area contributed by atoms with Crippen LogP contribution >= 0.6 is 0 Å². The maximum absolute atomic E-state index is 13.1. The summed E-state index contributed by atoms with van der Waals surface area (Å²) in [7, 11) is -4.15. The Morgan fingerprint density at radius 1 is 1.00 bits per heavy atom. The summed E-state index contributed by atoms with van der Waals surface area (Å²) in [5, 5.41) is 14.2. The zero-order valence-electron chi connectivity index (χ0n) is 16.7. The molecular formula is C18H21F6N3O2S. The van der Waals surface area contributed by atoms with E-state index in [1.807, 2.05) is 0 Å². The standard InChI is InChI=1S/C18H21F6N3O2S/c1-10(16(2,3)4)26-15(14(9-25)30(5,28)29)27-13-7-11(17(19,20)21)6-12(8-13)18(22,23)24/h6-8,10,26-27H,1-5H3. The lowest BCUT2D eigenvalue weighted by Crippen LogP contribution is -2.40. The number of hydrogen-bond acceptors (Lipinski definition) is 5. The van der Waals surface area contributed by atoms with Crippen LogP contribution in [0.25, 0.3) is 0 Å². The fourth-order valence-corrected chi connectivity index (χ4v) is 2.73. The summed E-state index contributed by atoms with van der Waals surface area (Å²) in [5.74, 6) is -0.519. The van der Waals surface area contributed by atoms with Gasteiger partial charge in [-0.25, -0.2) is 8.42 Å². The van der Waals surface area contributed by atoms with Gasteiger partial charge in [0.05, 0.1) is 11.1 Å². The lowest BCUT2D eigenvalue weighted by atomic mass is 9.88. The molecule has 0 amide bonds. The van der Waals surface area contributed by atoms with E-state index in [2.05, 4.69) is 10.6 Å². The zero-order valence-corrected chi connectivity index (χ0v) is 17.6. The van der Waals surface area contributed by atoms with Crippen molar-refractivity contribution in [3.63, 3.8) is 0 Å². The van der Waals surface area contributed by atoms with Crippen LogP contribution in [-0.2, 0) is 22.2 Å². The molecule has 5 nitrogen and oxygen atoms in total. The van der Waals surface area contributed by atoms with Crippen LogP contribution in [0.5, 0.6) is 0 Å². The Kier molecular flexibility index (Phi) is 7.15. The monoisotopic (exact) mass is 457 g/mol. The highest BCUT2D eigenvalue weighted by atomic mass is 32.2. The second-order valence-electron chi connectivity index (χ2n) is 7.74. The average molecular weight is 457 g/mol. The summed E-state index contributed by atoms with van der Waals surface area (Å²) in [6.45, 7) is 6.91. The first-order chi connectivity index (χ1) is 13.3. The molecule has 0 aliphatic heterocycles. The van der Waals surface area contributed by atoms with E-state index in [0.29, 0.717) is 18.4 Å². The van der Waals surface area contributed by atoms with Gasteiger partial charge < -0.3 is 10.6 Å². The lowest BCUT2D eigenvalue weighted by molar-refractivity contribution is -0.143. The van der Waals surface area contributed by atoms with E-state index in [-0.39, 0.29) is 6.07 Å². The number of nitrogens with zero attached hydrogens (tertiary/aromatic N) is 1. The Balaban J connectivity index is 3.68. The highest BCUT2D eigenvalue weighted by Crippen LogP contribution is 2.38. The van der Waals surface area contributed by atoms with Crippen molar-refractivity contribution in [1.29, 1.82) is 5.26 Å². The third kappa shape index (κ3) is 6.83. The van der Waals surface area contributed by atoms with Crippen molar-refractivity contribution in [3.05, 3.63) is 40.1 Å². The number of allylic oxidation sites excluding steroid dienone is 1. The summed E-state index contributed by atoms with van der Waals surface area (Å²) in [5.41, 5.74) is -4.34. The lowest BCUT2D eigenvalue weighted by Gasteiger charge is -2.30. The van der Waals surface area contributed by atoms with E-state index >= 15 is 0 Å². The van der Waals surface area contributed by atoms with Gasteiger partial charge in [-0.2, -0.15) is 31.6 Å². The van der Waals surface area contributed by atoms with Crippen molar-refractivity contribution in [3.8, 4) is 6.07 Å². The Morgan fingerprint density at radius 3 is 1.73 bits per heavy atom. The molecule has 30 heavy (non-hydrogen) atoms. The number of nitriles is 1. The Hall–Kier alpha value is -2.42. The van der Waals surface area contributed by atoms with Crippen LogP contribution in [-0.4, -0.2) is 20.7 Å². The fraction of sp³-hybridized carbons (Fsp3) is 0.500. The number of nitrogens with one attached hydrogen (secondary N) is 2. The molecule has 0 saturated carbocycles. The van der Waals surface area contributed by atoms with Crippen molar-refractivity contribution in [1.82, 2.24) is 5.32 Å². The SMILES string of the molecule is CC(NC(Nc1cc(C(F)(F)F)cc(C(F)(F)F)c1)=C(C#N)S(C)(=O)=O)C(C)(C)C. The summed E-state index contributed by atoms with van der Waals surface area (Å²) >= 11 is 0. The van der Waals surface area contributed by atoms with E-state index < -0.39 is 61.2 Å². The highest BCUT2D eigenvalue weighted by molar-refractivity contribution is 7.94. The molecule has 1 rings (SSSR count). The van der Waals surface area contributed by atoms with Crippen molar-refractivity contribution in [2.45, 2.75) is 46.1 Å². The minimum atomic E-state index is -5.08. The van der Waals surface area contributed by atoms with Crippen molar-refractivity contribution in [2.75, 3.05) is 11.6 Å².